The summed E-state index contributed by atoms with van der Waals surface area (Å²) >= 11 is 0. The summed E-state index contributed by atoms with van der Waals surface area (Å²) in [6.07, 6.45) is 5.70. The van der Waals surface area contributed by atoms with Crippen molar-refractivity contribution in [3.8, 4) is 22.3 Å². The van der Waals surface area contributed by atoms with Gasteiger partial charge in [-0.1, -0.05) is 72.8 Å². The zero-order valence-corrected chi connectivity index (χ0v) is 14.3. The summed E-state index contributed by atoms with van der Waals surface area (Å²) in [5.41, 5.74) is 7.73. The van der Waals surface area contributed by atoms with Crippen molar-refractivity contribution in [1.82, 2.24) is 9.55 Å². The molecule has 0 spiro atoms. The minimum absolute atomic E-state index is 0.834. The molecule has 1 aromatic heterocycles. The van der Waals surface area contributed by atoms with Gasteiger partial charge in [0.15, 0.2) is 0 Å². The molecule has 2 heteroatoms. The van der Waals surface area contributed by atoms with Gasteiger partial charge in [-0.25, -0.2) is 4.98 Å². The van der Waals surface area contributed by atoms with Crippen molar-refractivity contribution in [2.75, 3.05) is 0 Å². The van der Waals surface area contributed by atoms with Crippen molar-refractivity contribution in [2.45, 2.75) is 13.5 Å². The molecule has 0 amide bonds. The van der Waals surface area contributed by atoms with E-state index in [1.54, 1.807) is 0 Å². The minimum atomic E-state index is 0.834. The molecule has 2 nitrogen and oxygen atoms in total. The Bertz CT molecular complexity index is 956. The quantitative estimate of drug-likeness (QED) is 0.479. The third-order valence-electron chi connectivity index (χ3n) is 4.64. The highest BCUT2D eigenvalue weighted by Gasteiger charge is 2.13. The van der Waals surface area contributed by atoms with Crippen LogP contribution < -0.4 is 0 Å². The molecule has 0 aliphatic rings. The van der Waals surface area contributed by atoms with Gasteiger partial charge >= 0.3 is 0 Å². The van der Waals surface area contributed by atoms with Gasteiger partial charge in [-0.15, -0.1) is 0 Å². The lowest BCUT2D eigenvalue weighted by Gasteiger charge is -2.17. The number of benzene rings is 3. The Morgan fingerprint density at radius 3 is 2.12 bits per heavy atom. The third-order valence-corrected chi connectivity index (χ3v) is 4.64. The summed E-state index contributed by atoms with van der Waals surface area (Å²) in [4.78, 5) is 4.16. The predicted octanol–water partition coefficient (Wildman–Crippen LogP) is 5.57. The van der Waals surface area contributed by atoms with Crippen molar-refractivity contribution in [1.29, 1.82) is 0 Å². The molecule has 0 saturated heterocycles. The molecular weight excluding hydrogens is 304 g/mol. The van der Waals surface area contributed by atoms with Crippen LogP contribution in [0.3, 0.4) is 0 Å². The summed E-state index contributed by atoms with van der Waals surface area (Å²) < 4.78 is 2.11. The fraction of sp³-hybridized carbons (Fsp3) is 0.0870. The average molecular weight is 324 g/mol. The Kier molecular flexibility index (Phi) is 4.17. The van der Waals surface area contributed by atoms with Crippen LogP contribution in [-0.2, 0) is 6.54 Å². The first-order valence-corrected chi connectivity index (χ1v) is 8.52. The average Bonchev–Trinajstić information content (AvgIpc) is 3.18. The highest BCUT2D eigenvalue weighted by atomic mass is 15.0. The van der Waals surface area contributed by atoms with Crippen LogP contribution in [-0.4, -0.2) is 9.55 Å². The Morgan fingerprint density at radius 1 is 0.800 bits per heavy atom. The maximum atomic E-state index is 4.16. The number of hydrogen-bond acceptors (Lipinski definition) is 1. The predicted molar refractivity (Wildman–Crippen MR) is 103 cm³/mol. The van der Waals surface area contributed by atoms with Gasteiger partial charge in [0.2, 0.25) is 0 Å². The van der Waals surface area contributed by atoms with Crippen LogP contribution in [0.2, 0.25) is 0 Å². The van der Waals surface area contributed by atoms with E-state index < -0.39 is 0 Å². The molecule has 1 heterocycles. The summed E-state index contributed by atoms with van der Waals surface area (Å²) in [6, 6.07) is 25.7. The summed E-state index contributed by atoms with van der Waals surface area (Å²) in [6.45, 7) is 3.06. The number of rotatable bonds is 4. The van der Waals surface area contributed by atoms with Crippen LogP contribution in [0.25, 0.3) is 22.3 Å². The van der Waals surface area contributed by atoms with Gasteiger partial charge in [-0.05, 0) is 40.3 Å². The Morgan fingerprint density at radius 2 is 1.48 bits per heavy atom. The molecule has 0 N–H and O–H groups in total. The number of aromatic nitrogens is 2. The van der Waals surface area contributed by atoms with Crippen molar-refractivity contribution in [3.63, 3.8) is 0 Å². The zero-order valence-electron chi connectivity index (χ0n) is 14.3. The Balaban J connectivity index is 1.89. The molecule has 122 valence electrons. The number of hydrogen-bond donors (Lipinski definition) is 0. The first-order chi connectivity index (χ1) is 12.3. The second kappa shape index (κ2) is 6.78. The first-order valence-electron chi connectivity index (χ1n) is 8.52. The molecule has 0 radical (unpaired) electrons. The largest absolute Gasteiger partial charge is 0.333 e. The lowest BCUT2D eigenvalue weighted by atomic mass is 9.88. The fourth-order valence-corrected chi connectivity index (χ4v) is 3.34. The lowest BCUT2D eigenvalue weighted by Crippen LogP contribution is -2.01. The van der Waals surface area contributed by atoms with Gasteiger partial charge in [0.25, 0.3) is 0 Å². The molecule has 25 heavy (non-hydrogen) atoms. The van der Waals surface area contributed by atoms with Crippen molar-refractivity contribution < 1.29 is 0 Å². The molecule has 0 unspecified atom stereocenters. The van der Waals surface area contributed by atoms with Gasteiger partial charge in [-0.2, -0.15) is 0 Å². The van der Waals surface area contributed by atoms with Crippen LogP contribution in [0.5, 0.6) is 0 Å². The molecule has 4 aromatic rings. The van der Waals surface area contributed by atoms with E-state index in [0.29, 0.717) is 0 Å². The standard InChI is InChI=1S/C23H20N2/c1-18-21(16-25-15-14-24-17-25)12-13-22(19-8-4-2-5-9-19)23(18)20-10-6-3-7-11-20/h2-15,17H,16H2,1H3. The van der Waals surface area contributed by atoms with Crippen LogP contribution in [0.1, 0.15) is 11.1 Å². The minimum Gasteiger partial charge on any atom is -0.333 e. The van der Waals surface area contributed by atoms with E-state index in [1.165, 1.54) is 33.4 Å². The smallest absolute Gasteiger partial charge is 0.0949 e. The summed E-state index contributed by atoms with van der Waals surface area (Å²) in [7, 11) is 0. The molecule has 0 atom stereocenters. The summed E-state index contributed by atoms with van der Waals surface area (Å²) in [5, 5.41) is 0. The molecule has 0 aliphatic heterocycles. The van der Waals surface area contributed by atoms with Crippen LogP contribution in [0.15, 0.2) is 91.5 Å². The highest BCUT2D eigenvalue weighted by molar-refractivity contribution is 5.86. The molecule has 0 saturated carbocycles. The van der Waals surface area contributed by atoms with Gasteiger partial charge in [0.05, 0.1) is 6.33 Å². The maximum Gasteiger partial charge on any atom is 0.0949 e. The normalized spacial score (nSPS) is 10.8. The molecule has 4 rings (SSSR count). The van der Waals surface area contributed by atoms with Gasteiger partial charge < -0.3 is 4.57 Å². The van der Waals surface area contributed by atoms with E-state index in [9.17, 15) is 0 Å². The molecule has 0 fully saturated rings. The van der Waals surface area contributed by atoms with E-state index in [0.717, 1.165) is 6.54 Å². The van der Waals surface area contributed by atoms with Crippen molar-refractivity contribution in [3.05, 3.63) is 103 Å². The van der Waals surface area contributed by atoms with Crippen molar-refractivity contribution >= 4 is 0 Å². The van der Waals surface area contributed by atoms with Crippen LogP contribution >= 0.6 is 0 Å². The van der Waals surface area contributed by atoms with E-state index in [2.05, 4.69) is 89.3 Å². The third kappa shape index (κ3) is 3.11. The van der Waals surface area contributed by atoms with E-state index in [4.69, 9.17) is 0 Å². The van der Waals surface area contributed by atoms with Gasteiger partial charge in [0, 0.05) is 18.9 Å². The maximum absolute atomic E-state index is 4.16. The molecule has 0 aliphatic carbocycles. The first kappa shape index (κ1) is 15.4. The van der Waals surface area contributed by atoms with Crippen LogP contribution in [0.4, 0.5) is 0 Å². The highest BCUT2D eigenvalue weighted by Crippen LogP contribution is 2.36. The number of nitrogens with zero attached hydrogens (tertiary/aromatic N) is 2. The van der Waals surface area contributed by atoms with Gasteiger partial charge in [-0.3, -0.25) is 0 Å². The molecule has 3 aromatic carbocycles. The van der Waals surface area contributed by atoms with Gasteiger partial charge in [0.1, 0.15) is 0 Å². The van der Waals surface area contributed by atoms with Crippen LogP contribution in [0, 0.1) is 6.92 Å². The summed E-state index contributed by atoms with van der Waals surface area (Å²) in [5.74, 6) is 0. The van der Waals surface area contributed by atoms with Crippen molar-refractivity contribution in [2.24, 2.45) is 0 Å². The second-order valence-electron chi connectivity index (χ2n) is 6.24. The Hall–Kier alpha value is -3.13. The van der Waals surface area contributed by atoms with E-state index >= 15 is 0 Å². The molecular formula is C23H20N2. The Labute approximate surface area is 148 Å². The zero-order chi connectivity index (χ0) is 17.1. The number of imidazole rings is 1. The van der Waals surface area contributed by atoms with E-state index in [1.807, 2.05) is 18.7 Å². The topological polar surface area (TPSA) is 17.8 Å². The fourth-order valence-electron chi connectivity index (χ4n) is 3.34. The SMILES string of the molecule is Cc1c(Cn2ccnc2)ccc(-c2ccccc2)c1-c1ccccc1. The monoisotopic (exact) mass is 324 g/mol. The lowest BCUT2D eigenvalue weighted by molar-refractivity contribution is 0.792. The van der Waals surface area contributed by atoms with E-state index in [-0.39, 0.29) is 0 Å². The molecule has 0 bridgehead atoms. The second-order valence-corrected chi connectivity index (χ2v) is 6.24.